The zero-order valence-corrected chi connectivity index (χ0v) is 20.3. The molecule has 0 aliphatic carbocycles. The molecule has 0 bridgehead atoms. The first-order valence-corrected chi connectivity index (χ1v) is 11.2. The monoisotopic (exact) mass is 510 g/mol. The van der Waals surface area contributed by atoms with Crippen LogP contribution in [-0.4, -0.2) is 49.0 Å². The number of esters is 6. The van der Waals surface area contributed by atoms with Crippen LogP contribution in [0.25, 0.3) is 0 Å². The van der Waals surface area contributed by atoms with Gasteiger partial charge in [-0.1, -0.05) is 60.7 Å². The van der Waals surface area contributed by atoms with Gasteiger partial charge in [0.15, 0.2) is 5.41 Å². The van der Waals surface area contributed by atoms with Crippen molar-refractivity contribution in [3.05, 3.63) is 83.9 Å². The quantitative estimate of drug-likeness (QED) is 0.191. The first kappa shape index (κ1) is 28.6. The highest BCUT2D eigenvalue weighted by atomic mass is 16.6. The molecule has 37 heavy (non-hydrogen) atoms. The topological polar surface area (TPSA) is 139 Å². The second-order valence-electron chi connectivity index (χ2n) is 7.87. The van der Waals surface area contributed by atoms with Gasteiger partial charge in [0.05, 0.1) is 19.4 Å². The van der Waals surface area contributed by atoms with Crippen LogP contribution < -0.4 is 0 Å². The number of rotatable bonds is 11. The number of ether oxygens (including phenoxy) is 4. The van der Waals surface area contributed by atoms with E-state index >= 15 is 0 Å². The van der Waals surface area contributed by atoms with Crippen LogP contribution in [0.4, 0.5) is 0 Å². The van der Waals surface area contributed by atoms with E-state index in [-0.39, 0.29) is 19.4 Å². The maximum atomic E-state index is 12.9. The highest BCUT2D eigenvalue weighted by molar-refractivity contribution is 6.06. The van der Waals surface area contributed by atoms with E-state index in [9.17, 15) is 28.8 Å². The molecule has 2 aromatic carbocycles. The fourth-order valence-corrected chi connectivity index (χ4v) is 2.82. The lowest BCUT2D eigenvalue weighted by atomic mass is 9.92. The molecule has 10 nitrogen and oxygen atoms in total. The predicted octanol–water partition coefficient (Wildman–Crippen LogP) is 2.28. The molecule has 0 radical (unpaired) electrons. The minimum Gasteiger partial charge on any atom is -0.463 e. The summed E-state index contributed by atoms with van der Waals surface area (Å²) < 4.78 is 19.2. The van der Waals surface area contributed by atoms with E-state index in [1.54, 1.807) is 67.6 Å². The Labute approximate surface area is 213 Å². The third kappa shape index (κ3) is 9.52. The molecule has 194 valence electrons. The minimum absolute atomic E-state index is 0.0853. The van der Waals surface area contributed by atoms with Crippen molar-refractivity contribution >= 4 is 35.8 Å². The van der Waals surface area contributed by atoms with Crippen molar-refractivity contribution in [3.63, 3.8) is 0 Å². The standard InChI is InChI=1S/C27H26O10/c1-3-34-21(28)14-15-22(29)35-18-27(2,25(32)36-23(30)16-19-10-6-4-7-11-19)26(33)37-24(31)17-20-12-8-5-9-13-20/h4-15H,3,16-18H2,1-2H3/b15-14+. The Kier molecular flexibility index (Phi) is 10.9. The lowest BCUT2D eigenvalue weighted by molar-refractivity contribution is -0.181. The molecule has 0 atom stereocenters. The Balaban J connectivity index is 2.13. The Morgan fingerprint density at radius 2 is 1.08 bits per heavy atom. The average molecular weight is 510 g/mol. The van der Waals surface area contributed by atoms with Crippen molar-refractivity contribution in [1.82, 2.24) is 0 Å². The molecule has 0 aliphatic heterocycles. The molecule has 0 aromatic heterocycles. The van der Waals surface area contributed by atoms with E-state index in [0.29, 0.717) is 11.1 Å². The zero-order chi connectivity index (χ0) is 27.3. The normalized spacial score (nSPS) is 10.9. The van der Waals surface area contributed by atoms with E-state index < -0.39 is 47.8 Å². The molecule has 2 rings (SSSR count). The first-order chi connectivity index (χ1) is 17.6. The summed E-state index contributed by atoms with van der Waals surface area (Å²) in [5, 5.41) is 0. The summed E-state index contributed by atoms with van der Waals surface area (Å²) in [6, 6.07) is 16.8. The van der Waals surface area contributed by atoms with Crippen LogP contribution in [0, 0.1) is 5.41 Å². The predicted molar refractivity (Wildman–Crippen MR) is 127 cm³/mol. The summed E-state index contributed by atoms with van der Waals surface area (Å²) in [6.07, 6.45) is 0.988. The first-order valence-electron chi connectivity index (χ1n) is 11.2. The van der Waals surface area contributed by atoms with Gasteiger partial charge in [-0.25, -0.2) is 9.59 Å². The van der Waals surface area contributed by atoms with Crippen LogP contribution in [0.3, 0.4) is 0 Å². The van der Waals surface area contributed by atoms with Crippen molar-refractivity contribution in [2.24, 2.45) is 5.41 Å². The van der Waals surface area contributed by atoms with Gasteiger partial charge >= 0.3 is 35.8 Å². The third-order valence-electron chi connectivity index (χ3n) is 4.84. The van der Waals surface area contributed by atoms with Crippen molar-refractivity contribution in [1.29, 1.82) is 0 Å². The molecule has 0 amide bonds. The maximum Gasteiger partial charge on any atom is 0.334 e. The van der Waals surface area contributed by atoms with Gasteiger partial charge in [0.25, 0.3) is 0 Å². The van der Waals surface area contributed by atoms with Crippen molar-refractivity contribution < 1.29 is 47.7 Å². The van der Waals surface area contributed by atoms with Gasteiger partial charge in [-0.15, -0.1) is 0 Å². The molecule has 0 aliphatic rings. The second kappa shape index (κ2) is 14.1. The smallest absolute Gasteiger partial charge is 0.334 e. The third-order valence-corrected chi connectivity index (χ3v) is 4.84. The number of carbonyl (C=O) groups is 6. The van der Waals surface area contributed by atoms with Crippen LogP contribution in [-0.2, 0) is 60.6 Å². The lowest BCUT2D eigenvalue weighted by Crippen LogP contribution is -2.45. The largest absolute Gasteiger partial charge is 0.463 e. The summed E-state index contributed by atoms with van der Waals surface area (Å²) in [5.74, 6) is -6.61. The van der Waals surface area contributed by atoms with E-state index in [1.165, 1.54) is 0 Å². The van der Waals surface area contributed by atoms with Gasteiger partial charge in [0, 0.05) is 12.2 Å². The van der Waals surface area contributed by atoms with Gasteiger partial charge in [-0.05, 0) is 25.0 Å². The van der Waals surface area contributed by atoms with Crippen LogP contribution in [0.2, 0.25) is 0 Å². The van der Waals surface area contributed by atoms with Gasteiger partial charge in [-0.3, -0.25) is 19.2 Å². The number of benzene rings is 2. The average Bonchev–Trinajstić information content (AvgIpc) is 2.87. The van der Waals surface area contributed by atoms with Crippen molar-refractivity contribution in [2.45, 2.75) is 26.7 Å². The van der Waals surface area contributed by atoms with Crippen LogP contribution in [0.15, 0.2) is 72.8 Å². The molecule has 0 heterocycles. The molecule has 10 heteroatoms. The Morgan fingerprint density at radius 3 is 1.49 bits per heavy atom. The van der Waals surface area contributed by atoms with Crippen molar-refractivity contribution in [3.8, 4) is 0 Å². The second-order valence-corrected chi connectivity index (χ2v) is 7.87. The van der Waals surface area contributed by atoms with Crippen molar-refractivity contribution in [2.75, 3.05) is 13.2 Å². The van der Waals surface area contributed by atoms with Gasteiger partial charge in [-0.2, -0.15) is 0 Å². The minimum atomic E-state index is -2.37. The summed E-state index contributed by atoms with van der Waals surface area (Å²) in [5.41, 5.74) is -1.26. The molecule has 0 fully saturated rings. The highest BCUT2D eigenvalue weighted by Gasteiger charge is 2.48. The van der Waals surface area contributed by atoms with Gasteiger partial charge < -0.3 is 18.9 Å². The molecule has 0 saturated heterocycles. The summed E-state index contributed by atoms with van der Waals surface area (Å²) >= 11 is 0. The van der Waals surface area contributed by atoms with E-state index in [1.807, 2.05) is 0 Å². The van der Waals surface area contributed by atoms with Crippen LogP contribution >= 0.6 is 0 Å². The van der Waals surface area contributed by atoms with Crippen LogP contribution in [0.1, 0.15) is 25.0 Å². The summed E-state index contributed by atoms with van der Waals surface area (Å²) in [7, 11) is 0. The van der Waals surface area contributed by atoms with Gasteiger partial charge in [0.2, 0.25) is 0 Å². The zero-order valence-electron chi connectivity index (χ0n) is 20.3. The maximum absolute atomic E-state index is 12.9. The Hall–Kier alpha value is -4.60. The number of carbonyl (C=O) groups excluding carboxylic acids is 6. The highest BCUT2D eigenvalue weighted by Crippen LogP contribution is 2.23. The lowest BCUT2D eigenvalue weighted by Gasteiger charge is -2.23. The van der Waals surface area contributed by atoms with Gasteiger partial charge in [0.1, 0.15) is 6.61 Å². The SMILES string of the molecule is CCOC(=O)/C=C/C(=O)OCC(C)(C(=O)OC(=O)Cc1ccccc1)C(=O)OC(=O)Cc1ccccc1. The molecular formula is C27H26O10. The van der Waals surface area contributed by atoms with Crippen LogP contribution in [0.5, 0.6) is 0 Å². The fraction of sp³-hybridized carbons (Fsp3) is 0.259. The molecule has 0 spiro atoms. The Morgan fingerprint density at radius 1 is 0.676 bits per heavy atom. The summed E-state index contributed by atoms with van der Waals surface area (Å²) in [4.78, 5) is 73.7. The van der Waals surface area contributed by atoms with E-state index in [0.717, 1.165) is 19.1 Å². The molecular weight excluding hydrogens is 484 g/mol. The fourth-order valence-electron chi connectivity index (χ4n) is 2.82. The Bertz CT molecular complexity index is 1080. The van der Waals surface area contributed by atoms with E-state index in [4.69, 9.17) is 14.2 Å². The van der Waals surface area contributed by atoms with E-state index in [2.05, 4.69) is 4.74 Å². The molecule has 0 N–H and O–H groups in total. The number of hydrogen-bond donors (Lipinski definition) is 0. The molecule has 0 saturated carbocycles. The number of hydrogen-bond acceptors (Lipinski definition) is 10. The summed E-state index contributed by atoms with van der Waals surface area (Å²) in [6.45, 7) is 1.73. The molecule has 2 aromatic rings. The molecule has 0 unspecified atom stereocenters.